The van der Waals surface area contributed by atoms with E-state index in [1.54, 1.807) is 23.1 Å². The van der Waals surface area contributed by atoms with Gasteiger partial charge in [-0.05, 0) is 32.0 Å². The number of aryl methyl sites for hydroxylation is 2. The zero-order valence-corrected chi connectivity index (χ0v) is 9.93. The topological polar surface area (TPSA) is 60.1 Å². The van der Waals surface area contributed by atoms with Crippen molar-refractivity contribution in [3.63, 3.8) is 0 Å². The van der Waals surface area contributed by atoms with Gasteiger partial charge in [-0.15, -0.1) is 0 Å². The molecule has 2 aromatic rings. The second kappa shape index (κ2) is 4.86. The molecule has 90 valence electrons. The molecule has 5 nitrogen and oxygen atoms in total. The molecule has 1 N–H and O–H groups in total. The molecule has 0 atom stereocenters. The summed E-state index contributed by atoms with van der Waals surface area (Å²) in [6, 6.07) is 5.39. The molecule has 0 fully saturated rings. The van der Waals surface area contributed by atoms with E-state index in [4.69, 9.17) is 4.42 Å². The maximum Gasteiger partial charge on any atom is 0.269 e. The Hall–Kier alpha value is -2.04. The van der Waals surface area contributed by atoms with Crippen LogP contribution in [0.1, 0.15) is 28.9 Å². The lowest BCUT2D eigenvalue weighted by atomic mass is 10.3. The van der Waals surface area contributed by atoms with E-state index >= 15 is 0 Å². The number of nitrogens with zero attached hydrogens (tertiary/aromatic N) is 2. The van der Waals surface area contributed by atoms with Crippen molar-refractivity contribution in [2.24, 2.45) is 0 Å². The molecule has 0 saturated carbocycles. The maximum absolute atomic E-state index is 11.9. The van der Waals surface area contributed by atoms with E-state index < -0.39 is 0 Å². The van der Waals surface area contributed by atoms with Crippen LogP contribution >= 0.6 is 0 Å². The molecule has 0 aliphatic heterocycles. The first kappa shape index (κ1) is 11.4. The predicted octanol–water partition coefficient (Wildman–Crippen LogP) is 1.73. The Morgan fingerprint density at radius 2 is 2.41 bits per heavy atom. The number of hydrogen-bond donors (Lipinski definition) is 1. The minimum absolute atomic E-state index is 0.135. The number of carbonyl (C=O) groups excluding carboxylic acids is 1. The van der Waals surface area contributed by atoms with Crippen LogP contribution in [0.3, 0.4) is 0 Å². The summed E-state index contributed by atoms with van der Waals surface area (Å²) in [4.78, 5) is 11.9. The number of furan rings is 1. The van der Waals surface area contributed by atoms with Crippen molar-refractivity contribution in [3.8, 4) is 0 Å². The molecular weight excluding hydrogens is 218 g/mol. The van der Waals surface area contributed by atoms with Crippen LogP contribution in [-0.2, 0) is 13.1 Å². The first-order valence-electron chi connectivity index (χ1n) is 5.55. The van der Waals surface area contributed by atoms with Gasteiger partial charge in [-0.25, -0.2) is 0 Å². The van der Waals surface area contributed by atoms with Crippen LogP contribution in [0.4, 0.5) is 0 Å². The van der Waals surface area contributed by atoms with Gasteiger partial charge in [0.2, 0.25) is 0 Å². The number of nitrogens with one attached hydrogen (secondary N) is 1. The van der Waals surface area contributed by atoms with Crippen molar-refractivity contribution in [2.45, 2.75) is 26.9 Å². The summed E-state index contributed by atoms with van der Waals surface area (Å²) in [7, 11) is 0. The minimum Gasteiger partial charge on any atom is -0.467 e. The van der Waals surface area contributed by atoms with E-state index in [0.717, 1.165) is 11.5 Å². The number of hydrogen-bond acceptors (Lipinski definition) is 3. The van der Waals surface area contributed by atoms with Crippen LogP contribution in [-0.4, -0.2) is 15.7 Å². The average Bonchev–Trinajstić information content (AvgIpc) is 2.94. The molecule has 2 rings (SSSR count). The van der Waals surface area contributed by atoms with E-state index in [9.17, 15) is 4.79 Å². The highest BCUT2D eigenvalue weighted by Crippen LogP contribution is 2.05. The van der Waals surface area contributed by atoms with Crippen molar-refractivity contribution in [1.82, 2.24) is 15.1 Å². The molecule has 0 radical (unpaired) electrons. The van der Waals surface area contributed by atoms with Crippen LogP contribution in [0.2, 0.25) is 0 Å². The van der Waals surface area contributed by atoms with Gasteiger partial charge in [-0.3, -0.25) is 9.48 Å². The third-order valence-corrected chi connectivity index (χ3v) is 2.44. The predicted molar refractivity (Wildman–Crippen MR) is 62.5 cm³/mol. The number of aromatic nitrogens is 2. The molecular formula is C12H15N3O2. The summed E-state index contributed by atoms with van der Waals surface area (Å²) in [5, 5.41) is 7.02. The molecule has 0 spiro atoms. The standard InChI is InChI=1S/C12H15N3O2/c1-3-15-11(7-9(2)14-15)12(16)13-8-10-5-4-6-17-10/h4-7H,3,8H2,1-2H3,(H,13,16). The first-order valence-corrected chi connectivity index (χ1v) is 5.55. The molecule has 5 heteroatoms. The molecule has 2 aromatic heterocycles. The fourth-order valence-corrected chi connectivity index (χ4v) is 1.64. The Labute approximate surface area is 99.4 Å². The fraction of sp³-hybridized carbons (Fsp3) is 0.333. The Morgan fingerprint density at radius 1 is 1.59 bits per heavy atom. The summed E-state index contributed by atoms with van der Waals surface area (Å²) in [5.41, 5.74) is 1.42. The normalized spacial score (nSPS) is 10.5. The van der Waals surface area contributed by atoms with Crippen LogP contribution in [0.15, 0.2) is 28.9 Å². The summed E-state index contributed by atoms with van der Waals surface area (Å²) in [5.74, 6) is 0.599. The van der Waals surface area contributed by atoms with E-state index in [2.05, 4.69) is 10.4 Å². The van der Waals surface area contributed by atoms with Crippen molar-refractivity contribution >= 4 is 5.91 Å². The van der Waals surface area contributed by atoms with Crippen LogP contribution in [0.5, 0.6) is 0 Å². The molecule has 2 heterocycles. The molecule has 17 heavy (non-hydrogen) atoms. The maximum atomic E-state index is 11.9. The molecule has 0 saturated heterocycles. The second-order valence-corrected chi connectivity index (χ2v) is 3.75. The third-order valence-electron chi connectivity index (χ3n) is 2.44. The van der Waals surface area contributed by atoms with Gasteiger partial charge < -0.3 is 9.73 Å². The van der Waals surface area contributed by atoms with E-state index in [0.29, 0.717) is 18.8 Å². The van der Waals surface area contributed by atoms with E-state index in [-0.39, 0.29) is 5.91 Å². The largest absolute Gasteiger partial charge is 0.467 e. The van der Waals surface area contributed by atoms with Gasteiger partial charge >= 0.3 is 0 Å². The lowest BCUT2D eigenvalue weighted by molar-refractivity contribution is 0.0937. The molecule has 0 aliphatic rings. The highest BCUT2D eigenvalue weighted by Gasteiger charge is 2.12. The summed E-state index contributed by atoms with van der Waals surface area (Å²) in [6.07, 6.45) is 1.59. The highest BCUT2D eigenvalue weighted by atomic mass is 16.3. The van der Waals surface area contributed by atoms with Crippen molar-refractivity contribution < 1.29 is 9.21 Å². The molecule has 0 unspecified atom stereocenters. The number of rotatable bonds is 4. The third kappa shape index (κ3) is 2.55. The smallest absolute Gasteiger partial charge is 0.269 e. The van der Waals surface area contributed by atoms with Gasteiger partial charge in [-0.2, -0.15) is 5.10 Å². The Balaban J connectivity index is 2.04. The first-order chi connectivity index (χ1) is 8.20. The molecule has 0 aromatic carbocycles. The molecule has 0 aliphatic carbocycles. The van der Waals surface area contributed by atoms with Gasteiger partial charge in [0.1, 0.15) is 11.5 Å². The van der Waals surface area contributed by atoms with Gasteiger partial charge in [0, 0.05) is 6.54 Å². The number of amides is 1. The van der Waals surface area contributed by atoms with Gasteiger partial charge in [0.05, 0.1) is 18.5 Å². The van der Waals surface area contributed by atoms with Crippen LogP contribution in [0, 0.1) is 6.92 Å². The quantitative estimate of drug-likeness (QED) is 0.874. The zero-order valence-electron chi connectivity index (χ0n) is 9.93. The average molecular weight is 233 g/mol. The molecule has 0 bridgehead atoms. The SMILES string of the molecule is CCn1nc(C)cc1C(=O)NCc1ccco1. The van der Waals surface area contributed by atoms with Crippen LogP contribution in [0.25, 0.3) is 0 Å². The summed E-state index contributed by atoms with van der Waals surface area (Å²) >= 11 is 0. The number of carbonyl (C=O) groups is 1. The Morgan fingerprint density at radius 3 is 3.06 bits per heavy atom. The Kier molecular flexibility index (Phi) is 3.27. The lowest BCUT2D eigenvalue weighted by Gasteiger charge is -2.04. The minimum atomic E-state index is -0.135. The van der Waals surface area contributed by atoms with Crippen molar-refractivity contribution in [2.75, 3.05) is 0 Å². The highest BCUT2D eigenvalue weighted by molar-refractivity contribution is 5.92. The van der Waals surface area contributed by atoms with Gasteiger partial charge in [-0.1, -0.05) is 0 Å². The fourth-order valence-electron chi connectivity index (χ4n) is 1.64. The van der Waals surface area contributed by atoms with Crippen LogP contribution < -0.4 is 5.32 Å². The second-order valence-electron chi connectivity index (χ2n) is 3.75. The monoisotopic (exact) mass is 233 g/mol. The van der Waals surface area contributed by atoms with E-state index in [1.165, 1.54) is 0 Å². The summed E-state index contributed by atoms with van der Waals surface area (Å²) < 4.78 is 6.83. The van der Waals surface area contributed by atoms with Gasteiger partial charge in [0.25, 0.3) is 5.91 Å². The van der Waals surface area contributed by atoms with Crippen molar-refractivity contribution in [3.05, 3.63) is 41.6 Å². The summed E-state index contributed by atoms with van der Waals surface area (Å²) in [6.45, 7) is 4.89. The lowest BCUT2D eigenvalue weighted by Crippen LogP contribution is -2.25. The van der Waals surface area contributed by atoms with E-state index in [1.807, 2.05) is 19.9 Å². The van der Waals surface area contributed by atoms with Crippen molar-refractivity contribution in [1.29, 1.82) is 0 Å². The zero-order chi connectivity index (χ0) is 12.3. The van der Waals surface area contributed by atoms with Gasteiger partial charge in [0.15, 0.2) is 0 Å². The molecule has 1 amide bonds. The Bertz CT molecular complexity index is 500.